The lowest BCUT2D eigenvalue weighted by Crippen LogP contribution is -2.25. The predicted molar refractivity (Wildman–Crippen MR) is 86.3 cm³/mol. The highest BCUT2D eigenvalue weighted by Gasteiger charge is 2.27. The second-order valence-electron chi connectivity index (χ2n) is 6.02. The molecule has 4 nitrogen and oxygen atoms in total. The van der Waals surface area contributed by atoms with Gasteiger partial charge in [0.25, 0.3) is 0 Å². The van der Waals surface area contributed by atoms with Crippen molar-refractivity contribution in [2.24, 2.45) is 11.8 Å². The number of carbonyl (C=O) groups excluding carboxylic acids is 1. The maximum Gasteiger partial charge on any atom is 0.314 e. The molecule has 5 heteroatoms. The zero-order valence-electron chi connectivity index (χ0n) is 13.4. The first-order valence-electron chi connectivity index (χ1n) is 8.10. The number of hydrogen-bond acceptors (Lipinski definition) is 4. The van der Waals surface area contributed by atoms with Gasteiger partial charge in [0.15, 0.2) is 5.83 Å². The molecule has 1 aromatic carbocycles. The molecule has 2 rings (SSSR count). The Balaban J connectivity index is 1.76. The van der Waals surface area contributed by atoms with E-state index >= 15 is 0 Å². The van der Waals surface area contributed by atoms with E-state index in [4.69, 9.17) is 15.3 Å². The Hall–Kier alpha value is -2.66. The van der Waals surface area contributed by atoms with Gasteiger partial charge in [0, 0.05) is 0 Å². The molecule has 1 aliphatic carbocycles. The molecule has 0 unspecified atom stereocenters. The molecule has 1 fully saturated rings. The summed E-state index contributed by atoms with van der Waals surface area (Å²) in [6.45, 7) is 0. The number of carbonyl (C=O) groups is 1. The minimum Gasteiger partial charge on any atom is -0.426 e. The topological polar surface area (TPSA) is 73.9 Å². The van der Waals surface area contributed by atoms with Gasteiger partial charge in [-0.15, -0.1) is 0 Å². The number of benzene rings is 1. The lowest BCUT2D eigenvalue weighted by atomic mass is 9.80. The lowest BCUT2D eigenvalue weighted by molar-refractivity contribution is -0.140. The van der Waals surface area contributed by atoms with E-state index in [-0.39, 0.29) is 11.9 Å². The maximum absolute atomic E-state index is 12.7. The molecule has 0 aliphatic heterocycles. The van der Waals surface area contributed by atoms with Gasteiger partial charge < -0.3 is 4.74 Å². The molecule has 1 aliphatic rings. The van der Waals surface area contributed by atoms with Gasteiger partial charge in [0.05, 0.1) is 17.6 Å². The van der Waals surface area contributed by atoms with Crippen molar-refractivity contribution in [3.8, 4) is 17.9 Å². The quantitative estimate of drug-likeness (QED) is 0.456. The highest BCUT2D eigenvalue weighted by Crippen LogP contribution is 2.32. The van der Waals surface area contributed by atoms with E-state index in [1.165, 1.54) is 12.1 Å². The molecule has 0 spiro atoms. The summed E-state index contributed by atoms with van der Waals surface area (Å²) in [5, 5.41) is 17.1. The number of ether oxygens (including phenoxy) is 1. The Bertz CT molecular complexity index is 675. The Morgan fingerprint density at radius 3 is 2.46 bits per heavy atom. The van der Waals surface area contributed by atoms with E-state index in [2.05, 4.69) is 0 Å². The molecule has 0 saturated heterocycles. The van der Waals surface area contributed by atoms with Crippen molar-refractivity contribution in [2.45, 2.75) is 38.5 Å². The second kappa shape index (κ2) is 8.84. The molecule has 0 amide bonds. The molecule has 0 N–H and O–H groups in total. The Kier molecular flexibility index (Phi) is 6.51. The van der Waals surface area contributed by atoms with Crippen LogP contribution in [0.1, 0.15) is 44.1 Å². The molecule has 0 heterocycles. The number of allylic oxidation sites excluding steroid dienone is 2. The lowest BCUT2D eigenvalue weighted by Gasteiger charge is -2.26. The smallest absolute Gasteiger partial charge is 0.314 e. The molecule has 0 bridgehead atoms. The van der Waals surface area contributed by atoms with Crippen molar-refractivity contribution >= 4 is 5.97 Å². The maximum atomic E-state index is 12.7. The molecule has 0 aromatic heterocycles. The summed E-state index contributed by atoms with van der Waals surface area (Å²) >= 11 is 0. The van der Waals surface area contributed by atoms with E-state index in [1.54, 1.807) is 24.3 Å². The third-order valence-corrected chi connectivity index (χ3v) is 4.39. The summed E-state index contributed by atoms with van der Waals surface area (Å²) in [7, 11) is 0. The fourth-order valence-electron chi connectivity index (χ4n) is 2.98. The second-order valence-corrected chi connectivity index (χ2v) is 6.02. The van der Waals surface area contributed by atoms with Crippen LogP contribution in [0.5, 0.6) is 5.75 Å². The third kappa shape index (κ3) is 5.21. The largest absolute Gasteiger partial charge is 0.426 e. The highest BCUT2D eigenvalue weighted by molar-refractivity contribution is 5.75. The van der Waals surface area contributed by atoms with Gasteiger partial charge in [-0.25, -0.2) is 0 Å². The van der Waals surface area contributed by atoms with Crippen molar-refractivity contribution < 1.29 is 13.9 Å². The van der Waals surface area contributed by atoms with Crippen LogP contribution in [0, 0.1) is 34.5 Å². The number of esters is 1. The normalized spacial score (nSPS) is 20.7. The van der Waals surface area contributed by atoms with Gasteiger partial charge in [0.1, 0.15) is 11.8 Å². The average Bonchev–Trinajstić information content (AvgIpc) is 2.62. The molecule has 1 saturated carbocycles. The van der Waals surface area contributed by atoms with Crippen molar-refractivity contribution in [1.82, 2.24) is 0 Å². The van der Waals surface area contributed by atoms with Crippen LogP contribution in [-0.4, -0.2) is 5.97 Å². The predicted octanol–water partition coefficient (Wildman–Crippen LogP) is 4.43. The van der Waals surface area contributed by atoms with Gasteiger partial charge in [-0.3, -0.25) is 4.79 Å². The van der Waals surface area contributed by atoms with E-state index in [0.717, 1.165) is 32.1 Å². The van der Waals surface area contributed by atoms with E-state index < -0.39 is 5.83 Å². The summed E-state index contributed by atoms with van der Waals surface area (Å²) in [5.74, 6) is -0.142. The van der Waals surface area contributed by atoms with E-state index in [0.29, 0.717) is 23.7 Å². The molecule has 24 heavy (non-hydrogen) atoms. The summed E-state index contributed by atoms with van der Waals surface area (Å²) in [5.41, 5.74) is 0.525. The van der Waals surface area contributed by atoms with E-state index in [1.807, 2.05) is 6.07 Å². The van der Waals surface area contributed by atoms with Crippen LogP contribution in [0.25, 0.3) is 0 Å². The van der Waals surface area contributed by atoms with Crippen LogP contribution < -0.4 is 4.74 Å². The minimum atomic E-state index is -0.727. The Labute approximate surface area is 141 Å². The number of nitriles is 2. The van der Waals surface area contributed by atoms with Crippen molar-refractivity contribution in [2.75, 3.05) is 0 Å². The van der Waals surface area contributed by atoms with Gasteiger partial charge in [-0.2, -0.15) is 14.9 Å². The van der Waals surface area contributed by atoms with Crippen LogP contribution in [0.15, 0.2) is 36.2 Å². The van der Waals surface area contributed by atoms with Gasteiger partial charge in [0.2, 0.25) is 0 Å². The van der Waals surface area contributed by atoms with E-state index in [9.17, 15) is 9.18 Å². The molecular weight excluding hydrogens is 307 g/mol. The first-order chi connectivity index (χ1) is 11.6. The Morgan fingerprint density at radius 1 is 1.21 bits per heavy atom. The van der Waals surface area contributed by atoms with Crippen LogP contribution >= 0.6 is 0 Å². The summed E-state index contributed by atoms with van der Waals surface area (Å²) in [4.78, 5) is 12.2. The summed E-state index contributed by atoms with van der Waals surface area (Å²) < 4.78 is 18.1. The molecule has 124 valence electrons. The average molecular weight is 326 g/mol. The molecular formula is C19H19FN2O2. The fourth-order valence-corrected chi connectivity index (χ4v) is 2.98. The van der Waals surface area contributed by atoms with Crippen molar-refractivity contribution in [3.63, 3.8) is 0 Å². The first-order valence-corrected chi connectivity index (χ1v) is 8.10. The number of halogens is 1. The molecule has 0 atom stereocenters. The van der Waals surface area contributed by atoms with Gasteiger partial charge >= 0.3 is 5.97 Å². The first kappa shape index (κ1) is 17.7. The van der Waals surface area contributed by atoms with Gasteiger partial charge in [-0.1, -0.05) is 0 Å². The zero-order valence-corrected chi connectivity index (χ0v) is 13.4. The van der Waals surface area contributed by atoms with Gasteiger partial charge in [-0.05, 0) is 74.8 Å². The number of nitrogens with zero attached hydrogens (tertiary/aromatic N) is 2. The highest BCUT2D eigenvalue weighted by atomic mass is 19.1. The monoisotopic (exact) mass is 326 g/mol. The summed E-state index contributed by atoms with van der Waals surface area (Å²) in [6, 6.07) is 9.97. The molecule has 1 aromatic rings. The zero-order chi connectivity index (χ0) is 17.4. The number of rotatable bonds is 5. The summed E-state index contributed by atoms with van der Waals surface area (Å²) in [6.07, 6.45) is 6.08. The van der Waals surface area contributed by atoms with Crippen molar-refractivity contribution in [3.05, 3.63) is 41.7 Å². The SMILES string of the molecule is N#CC(F)=CCCC1CCC(C(=O)Oc2ccc(C#N)cc2)CC1. The fraction of sp³-hybridized carbons (Fsp3) is 0.421. The third-order valence-electron chi connectivity index (χ3n) is 4.39. The molecule has 0 radical (unpaired) electrons. The van der Waals surface area contributed by atoms with Crippen LogP contribution in [0.4, 0.5) is 4.39 Å². The standard InChI is InChI=1S/C19H19FN2O2/c20-17(13-22)3-1-2-14-4-8-16(9-5-14)19(23)24-18-10-6-15(12-21)7-11-18/h3,6-7,10-11,14,16H,1-2,4-5,8-9H2. The number of hydrogen-bond donors (Lipinski definition) is 0. The van der Waals surface area contributed by atoms with Crippen molar-refractivity contribution in [1.29, 1.82) is 10.5 Å². The Morgan fingerprint density at radius 2 is 1.88 bits per heavy atom. The minimum absolute atomic E-state index is 0.108. The van der Waals surface area contributed by atoms with Crippen LogP contribution in [0.3, 0.4) is 0 Å². The van der Waals surface area contributed by atoms with Crippen LogP contribution in [-0.2, 0) is 4.79 Å². The van der Waals surface area contributed by atoms with Crippen LogP contribution in [0.2, 0.25) is 0 Å².